The Morgan fingerprint density at radius 3 is 2.57 bits per heavy atom. The lowest BCUT2D eigenvalue weighted by molar-refractivity contribution is 0.0697. The number of ether oxygens (including phenoxy) is 2. The Labute approximate surface area is 219 Å². The molecule has 2 aromatic heterocycles. The van der Waals surface area contributed by atoms with Gasteiger partial charge in [0.1, 0.15) is 5.69 Å². The van der Waals surface area contributed by atoms with Gasteiger partial charge in [0.15, 0.2) is 5.13 Å². The minimum absolute atomic E-state index is 0.0773. The molecule has 0 aliphatic carbocycles. The largest absolute Gasteiger partial charge is 0.463 e. The fraction of sp³-hybridized carbons (Fsp3) is 0.423. The lowest BCUT2D eigenvalue weighted by Gasteiger charge is -2.31. The number of para-hydroxylation sites is 1. The van der Waals surface area contributed by atoms with Crippen molar-refractivity contribution in [2.24, 2.45) is 5.92 Å². The van der Waals surface area contributed by atoms with Gasteiger partial charge in [-0.3, -0.25) is 9.59 Å². The van der Waals surface area contributed by atoms with Crippen LogP contribution < -0.4 is 20.3 Å². The van der Waals surface area contributed by atoms with Crippen LogP contribution in [-0.2, 0) is 4.74 Å². The van der Waals surface area contributed by atoms with Crippen LogP contribution in [0.25, 0.3) is 0 Å². The zero-order valence-corrected chi connectivity index (χ0v) is 21.3. The number of carbonyl (C=O) groups is 2. The second kappa shape index (κ2) is 12.1. The van der Waals surface area contributed by atoms with Gasteiger partial charge in [-0.1, -0.05) is 12.1 Å². The smallest absolute Gasteiger partial charge is 0.316 e. The maximum absolute atomic E-state index is 13.0. The van der Waals surface area contributed by atoms with Crippen molar-refractivity contribution in [2.75, 3.05) is 43.1 Å². The van der Waals surface area contributed by atoms with Crippen LogP contribution in [0.1, 0.15) is 46.5 Å². The molecule has 0 saturated carbocycles. The average molecular weight is 523 g/mol. The van der Waals surface area contributed by atoms with Crippen LogP contribution >= 0.6 is 11.3 Å². The number of benzene rings is 1. The number of hydrogen-bond donors (Lipinski definition) is 2. The van der Waals surface area contributed by atoms with Gasteiger partial charge in [-0.15, -0.1) is 11.3 Å². The third kappa shape index (κ3) is 6.60. The second-order valence-corrected chi connectivity index (χ2v) is 9.98. The number of rotatable bonds is 8. The number of thiazole rings is 1. The zero-order valence-electron chi connectivity index (χ0n) is 20.5. The summed E-state index contributed by atoms with van der Waals surface area (Å²) in [6, 6.07) is 9.28. The van der Waals surface area contributed by atoms with E-state index < -0.39 is 0 Å². The fourth-order valence-electron chi connectivity index (χ4n) is 4.44. The number of carbonyl (C=O) groups excluding carboxylic acids is 2. The summed E-state index contributed by atoms with van der Waals surface area (Å²) in [5.74, 6) is -0.112. The molecule has 2 saturated heterocycles. The van der Waals surface area contributed by atoms with Gasteiger partial charge in [0.25, 0.3) is 11.8 Å². The molecule has 37 heavy (non-hydrogen) atoms. The Hall–Kier alpha value is -3.57. The van der Waals surface area contributed by atoms with E-state index in [1.807, 2.05) is 0 Å². The average Bonchev–Trinajstić information content (AvgIpc) is 3.44. The first kappa shape index (κ1) is 25.1. The summed E-state index contributed by atoms with van der Waals surface area (Å²) < 4.78 is 11.1. The third-order valence-corrected chi connectivity index (χ3v) is 7.48. The van der Waals surface area contributed by atoms with Gasteiger partial charge in [-0.25, -0.2) is 15.0 Å². The molecule has 0 atom stereocenters. The van der Waals surface area contributed by atoms with Crippen molar-refractivity contribution in [1.82, 2.24) is 20.3 Å². The molecule has 0 spiro atoms. The summed E-state index contributed by atoms with van der Waals surface area (Å²) in [4.78, 5) is 40.8. The van der Waals surface area contributed by atoms with E-state index in [0.29, 0.717) is 48.7 Å². The Morgan fingerprint density at radius 2 is 1.78 bits per heavy atom. The number of nitrogens with one attached hydrogen (secondary N) is 2. The second-order valence-electron chi connectivity index (χ2n) is 9.15. The first-order valence-corrected chi connectivity index (χ1v) is 13.4. The zero-order chi connectivity index (χ0) is 25.5. The van der Waals surface area contributed by atoms with Crippen LogP contribution in [-0.4, -0.2) is 65.7 Å². The van der Waals surface area contributed by atoms with Crippen LogP contribution in [0.4, 0.5) is 10.8 Å². The minimum atomic E-state index is -0.333. The molecule has 5 rings (SSSR count). The maximum atomic E-state index is 13.0. The van der Waals surface area contributed by atoms with Gasteiger partial charge in [-0.2, -0.15) is 0 Å². The van der Waals surface area contributed by atoms with E-state index in [4.69, 9.17) is 9.47 Å². The molecule has 2 fully saturated rings. The quantitative estimate of drug-likeness (QED) is 0.462. The molecule has 10 nitrogen and oxygen atoms in total. The lowest BCUT2D eigenvalue weighted by Crippen LogP contribution is -2.39. The molecule has 2 N–H and O–H groups in total. The highest BCUT2D eigenvalue weighted by Crippen LogP contribution is 2.27. The number of hydrogen-bond acceptors (Lipinski definition) is 9. The number of anilines is 2. The van der Waals surface area contributed by atoms with E-state index in [1.165, 1.54) is 11.3 Å². The van der Waals surface area contributed by atoms with Crippen LogP contribution in [0, 0.1) is 5.92 Å². The first-order chi connectivity index (χ1) is 18.2. The van der Waals surface area contributed by atoms with Gasteiger partial charge in [-0.05, 0) is 49.8 Å². The van der Waals surface area contributed by atoms with Crippen molar-refractivity contribution in [2.45, 2.75) is 31.7 Å². The molecule has 0 bridgehead atoms. The molecule has 0 unspecified atom stereocenters. The molecule has 11 heteroatoms. The fourth-order valence-corrected chi connectivity index (χ4v) is 5.30. The Bertz CT molecular complexity index is 1190. The van der Waals surface area contributed by atoms with E-state index >= 15 is 0 Å². The third-order valence-electron chi connectivity index (χ3n) is 6.58. The first-order valence-electron chi connectivity index (χ1n) is 12.5. The Balaban J connectivity index is 1.14. The predicted octanol–water partition coefficient (Wildman–Crippen LogP) is 3.39. The summed E-state index contributed by atoms with van der Waals surface area (Å²) in [6.45, 7) is 3.55. The number of aromatic nitrogens is 3. The minimum Gasteiger partial charge on any atom is -0.463 e. The van der Waals surface area contributed by atoms with Crippen molar-refractivity contribution in [3.8, 4) is 6.01 Å². The van der Waals surface area contributed by atoms with Gasteiger partial charge in [0.05, 0.1) is 17.9 Å². The molecule has 194 valence electrons. The van der Waals surface area contributed by atoms with E-state index in [2.05, 4.69) is 30.5 Å². The number of amides is 2. The van der Waals surface area contributed by atoms with Gasteiger partial charge in [0.2, 0.25) is 0 Å². The van der Waals surface area contributed by atoms with Crippen molar-refractivity contribution >= 4 is 34.0 Å². The van der Waals surface area contributed by atoms with Crippen molar-refractivity contribution in [3.63, 3.8) is 0 Å². The maximum Gasteiger partial charge on any atom is 0.316 e. The highest BCUT2D eigenvalue weighted by Gasteiger charge is 2.24. The molecular formula is C26H30N6O4S. The van der Waals surface area contributed by atoms with Crippen molar-refractivity contribution < 1.29 is 19.1 Å². The highest BCUT2D eigenvalue weighted by atomic mass is 32.1. The van der Waals surface area contributed by atoms with Crippen LogP contribution in [0.15, 0.2) is 48.1 Å². The van der Waals surface area contributed by atoms with E-state index in [0.717, 1.165) is 43.9 Å². The molecule has 4 heterocycles. The lowest BCUT2D eigenvalue weighted by atomic mass is 9.98. The van der Waals surface area contributed by atoms with E-state index in [9.17, 15) is 9.59 Å². The van der Waals surface area contributed by atoms with E-state index in [-0.39, 0.29) is 17.9 Å². The molecule has 3 aromatic rings. The van der Waals surface area contributed by atoms with Crippen LogP contribution in [0.3, 0.4) is 0 Å². The Morgan fingerprint density at radius 1 is 1.03 bits per heavy atom. The summed E-state index contributed by atoms with van der Waals surface area (Å²) in [5.41, 5.74) is 1.24. The topological polar surface area (TPSA) is 119 Å². The van der Waals surface area contributed by atoms with Crippen molar-refractivity contribution in [3.05, 3.63) is 59.4 Å². The van der Waals surface area contributed by atoms with Gasteiger partial charge in [0, 0.05) is 50.1 Å². The molecule has 2 aliphatic rings. The molecule has 2 aliphatic heterocycles. The van der Waals surface area contributed by atoms with Crippen LogP contribution in [0.5, 0.6) is 6.01 Å². The molecule has 1 aromatic carbocycles. The summed E-state index contributed by atoms with van der Waals surface area (Å²) >= 11 is 1.45. The summed E-state index contributed by atoms with van der Waals surface area (Å²) in [5, 5.41) is 8.51. The highest BCUT2D eigenvalue weighted by molar-refractivity contribution is 7.14. The number of piperidine rings is 1. The van der Waals surface area contributed by atoms with Gasteiger partial charge < -0.3 is 25.0 Å². The van der Waals surface area contributed by atoms with E-state index in [1.54, 1.807) is 48.1 Å². The molecular weight excluding hydrogens is 492 g/mol. The standard InChI is InChI=1S/C26H30N6O4S/c33-23(29-19-8-14-35-15-9-19)20-4-1-2-5-21(20)30-24(34)22-17-37-26(31-22)32-12-6-18(7-13-32)16-36-25-27-10-3-11-28-25/h1-5,10-11,17-19H,6-9,12-16H2,(H,29,33)(H,30,34). The summed E-state index contributed by atoms with van der Waals surface area (Å²) in [7, 11) is 0. The number of nitrogens with zero attached hydrogens (tertiary/aromatic N) is 4. The molecule has 2 amide bonds. The molecule has 0 radical (unpaired) electrons. The Kier molecular flexibility index (Phi) is 8.21. The summed E-state index contributed by atoms with van der Waals surface area (Å²) in [6.07, 6.45) is 6.83. The SMILES string of the molecule is O=C(Nc1ccccc1C(=O)NC1CCOCC1)c1csc(N2CCC(COc3ncccn3)CC2)n1. The predicted molar refractivity (Wildman–Crippen MR) is 140 cm³/mol. The normalized spacial score (nSPS) is 16.8. The monoisotopic (exact) mass is 522 g/mol. The van der Waals surface area contributed by atoms with Crippen molar-refractivity contribution in [1.29, 1.82) is 0 Å². The van der Waals surface area contributed by atoms with Crippen LogP contribution in [0.2, 0.25) is 0 Å². The van der Waals surface area contributed by atoms with Gasteiger partial charge >= 0.3 is 6.01 Å².